The van der Waals surface area contributed by atoms with Gasteiger partial charge in [-0.1, -0.05) is 42.5 Å². The first-order chi connectivity index (χ1) is 17.7. The molecular formula is C28H36N4O5. The number of rotatable bonds is 10. The predicted octanol–water partition coefficient (Wildman–Crippen LogP) is 3.99. The molecule has 2 heterocycles. The molecule has 0 radical (unpaired) electrons. The molecule has 2 aromatic rings. The summed E-state index contributed by atoms with van der Waals surface area (Å²) in [6.07, 6.45) is 5.51. The quantitative estimate of drug-likeness (QED) is 0.328. The lowest BCUT2D eigenvalue weighted by molar-refractivity contribution is -0.158. The van der Waals surface area contributed by atoms with Crippen LogP contribution in [0.1, 0.15) is 56.9 Å². The molecule has 0 aliphatic carbocycles. The number of anilines is 1. The first kappa shape index (κ1) is 27.7. The number of benzene rings is 1. The van der Waals surface area contributed by atoms with Crippen LogP contribution in [0.5, 0.6) is 0 Å². The first-order valence-corrected chi connectivity index (χ1v) is 12.6. The topological polar surface area (TPSA) is 119 Å². The molecule has 0 spiro atoms. The Kier molecular flexibility index (Phi) is 10.1. The van der Waals surface area contributed by atoms with Crippen molar-refractivity contribution in [3.8, 4) is 0 Å². The number of fused-ring (bicyclic) bond motifs is 1. The lowest BCUT2D eigenvalue weighted by Gasteiger charge is -2.24. The Morgan fingerprint density at radius 2 is 1.92 bits per heavy atom. The van der Waals surface area contributed by atoms with E-state index in [2.05, 4.69) is 27.0 Å². The molecule has 1 aromatic heterocycles. The maximum absolute atomic E-state index is 12.6. The molecule has 1 atom stereocenters. The van der Waals surface area contributed by atoms with Crippen molar-refractivity contribution in [2.24, 2.45) is 0 Å². The van der Waals surface area contributed by atoms with Gasteiger partial charge in [-0.15, -0.1) is 0 Å². The Balaban J connectivity index is 1.47. The molecule has 0 saturated heterocycles. The highest BCUT2D eigenvalue weighted by Crippen LogP contribution is 2.20. The highest BCUT2D eigenvalue weighted by Gasteiger charge is 2.29. The summed E-state index contributed by atoms with van der Waals surface area (Å²) in [5, 5.41) is 8.55. The van der Waals surface area contributed by atoms with E-state index >= 15 is 0 Å². The number of alkyl carbamates (subject to hydrolysis) is 1. The Hall–Kier alpha value is -3.88. The molecule has 1 aliphatic heterocycles. The van der Waals surface area contributed by atoms with Gasteiger partial charge in [-0.2, -0.15) is 0 Å². The van der Waals surface area contributed by atoms with Gasteiger partial charge in [0, 0.05) is 13.1 Å². The van der Waals surface area contributed by atoms with Gasteiger partial charge in [0.05, 0.1) is 12.1 Å². The number of carbonyl (C=O) groups excluding carboxylic acids is 3. The largest absolute Gasteiger partial charge is 0.458 e. The van der Waals surface area contributed by atoms with Gasteiger partial charge in [-0.3, -0.25) is 4.79 Å². The second-order valence-electron chi connectivity index (χ2n) is 9.81. The number of carbonyl (C=O) groups is 3. The molecular weight excluding hydrogens is 472 g/mol. The lowest BCUT2D eigenvalue weighted by atomic mass is 10.1. The van der Waals surface area contributed by atoms with Crippen LogP contribution in [0.4, 0.5) is 10.6 Å². The fourth-order valence-corrected chi connectivity index (χ4v) is 3.67. The van der Waals surface area contributed by atoms with Crippen molar-refractivity contribution < 1.29 is 23.9 Å². The molecule has 2 amide bonds. The molecule has 0 fully saturated rings. The van der Waals surface area contributed by atoms with Gasteiger partial charge in [0.15, 0.2) is 0 Å². The average molecular weight is 509 g/mol. The number of nitrogens with one attached hydrogen (secondary N) is 3. The number of amides is 2. The molecule has 198 valence electrons. The lowest BCUT2D eigenvalue weighted by Crippen LogP contribution is -2.47. The highest BCUT2D eigenvalue weighted by molar-refractivity contribution is 5.88. The third-order valence-electron chi connectivity index (χ3n) is 5.42. The van der Waals surface area contributed by atoms with Crippen molar-refractivity contribution >= 4 is 29.9 Å². The van der Waals surface area contributed by atoms with Gasteiger partial charge in [-0.05, 0) is 63.3 Å². The van der Waals surface area contributed by atoms with Crippen molar-refractivity contribution in [2.75, 3.05) is 18.4 Å². The number of esters is 1. The van der Waals surface area contributed by atoms with Crippen LogP contribution in [0.25, 0.3) is 6.08 Å². The summed E-state index contributed by atoms with van der Waals surface area (Å²) in [5.74, 6) is -0.153. The van der Waals surface area contributed by atoms with E-state index in [-0.39, 0.29) is 18.9 Å². The zero-order valence-electron chi connectivity index (χ0n) is 21.7. The maximum atomic E-state index is 12.6. The zero-order valence-corrected chi connectivity index (χ0v) is 21.7. The van der Waals surface area contributed by atoms with Crippen molar-refractivity contribution in [1.82, 2.24) is 15.6 Å². The standard InChI is InChI=1S/C28H36N4O5/c1-28(2,3)37-26(34)23(32-27(35)36-19-20-10-5-4-6-11-20)18-24(33)29-16-8-7-13-22-15-14-21-12-9-17-30-25(21)31-22/h4-7,10-11,13-15,23H,8-9,12,16-19H2,1-3H3,(H,29,33)(H,30,31)(H,32,35)/b13-7+/t23-/m0/s1. The van der Waals surface area contributed by atoms with Crippen LogP contribution in [0.15, 0.2) is 48.5 Å². The van der Waals surface area contributed by atoms with E-state index in [0.717, 1.165) is 36.5 Å². The minimum Gasteiger partial charge on any atom is -0.458 e. The van der Waals surface area contributed by atoms with Crippen LogP contribution >= 0.6 is 0 Å². The van der Waals surface area contributed by atoms with E-state index in [4.69, 9.17) is 9.47 Å². The second kappa shape index (κ2) is 13.4. The zero-order chi connectivity index (χ0) is 26.7. The first-order valence-electron chi connectivity index (χ1n) is 12.6. The van der Waals surface area contributed by atoms with Crippen molar-refractivity contribution in [3.63, 3.8) is 0 Å². The number of aromatic nitrogens is 1. The van der Waals surface area contributed by atoms with E-state index in [1.54, 1.807) is 20.8 Å². The van der Waals surface area contributed by atoms with E-state index in [0.29, 0.717) is 13.0 Å². The summed E-state index contributed by atoms with van der Waals surface area (Å²) >= 11 is 0. The molecule has 1 aromatic carbocycles. The van der Waals surface area contributed by atoms with Crippen molar-refractivity contribution in [3.05, 3.63) is 65.4 Å². The number of ether oxygens (including phenoxy) is 2. The van der Waals surface area contributed by atoms with Crippen LogP contribution in [-0.2, 0) is 32.1 Å². The molecule has 3 rings (SSSR count). The van der Waals surface area contributed by atoms with Crippen LogP contribution < -0.4 is 16.0 Å². The third kappa shape index (κ3) is 9.95. The van der Waals surface area contributed by atoms with Gasteiger partial charge >= 0.3 is 12.1 Å². The number of pyridine rings is 1. The smallest absolute Gasteiger partial charge is 0.408 e. The van der Waals surface area contributed by atoms with Crippen LogP contribution in [0.2, 0.25) is 0 Å². The Morgan fingerprint density at radius 3 is 2.68 bits per heavy atom. The van der Waals surface area contributed by atoms with Crippen LogP contribution in [0.3, 0.4) is 0 Å². The summed E-state index contributed by atoms with van der Waals surface area (Å²) in [6.45, 7) is 6.50. The normalized spacial score (nSPS) is 13.7. The number of hydrogen-bond acceptors (Lipinski definition) is 7. The van der Waals surface area contributed by atoms with E-state index < -0.39 is 23.7 Å². The fourth-order valence-electron chi connectivity index (χ4n) is 3.67. The Bertz CT molecular complexity index is 1100. The minimum atomic E-state index is -1.18. The average Bonchev–Trinajstić information content (AvgIpc) is 2.86. The molecule has 3 N–H and O–H groups in total. The highest BCUT2D eigenvalue weighted by atomic mass is 16.6. The number of hydrogen-bond donors (Lipinski definition) is 3. The molecule has 9 heteroatoms. The predicted molar refractivity (Wildman–Crippen MR) is 142 cm³/mol. The maximum Gasteiger partial charge on any atom is 0.408 e. The summed E-state index contributed by atoms with van der Waals surface area (Å²) < 4.78 is 10.6. The van der Waals surface area contributed by atoms with E-state index in [1.165, 1.54) is 5.56 Å². The molecule has 1 aliphatic rings. The Morgan fingerprint density at radius 1 is 1.14 bits per heavy atom. The SMILES string of the molecule is CC(C)(C)OC(=O)[C@H](CC(=O)NCC/C=C/c1ccc2c(n1)NCCC2)NC(=O)OCc1ccccc1. The third-order valence-corrected chi connectivity index (χ3v) is 5.42. The second-order valence-corrected chi connectivity index (χ2v) is 9.81. The number of nitrogens with zero attached hydrogens (tertiary/aromatic N) is 1. The summed E-state index contributed by atoms with van der Waals surface area (Å²) in [7, 11) is 0. The van der Waals surface area contributed by atoms with Gasteiger partial charge in [0.1, 0.15) is 24.1 Å². The van der Waals surface area contributed by atoms with Gasteiger partial charge in [-0.25, -0.2) is 14.6 Å². The van der Waals surface area contributed by atoms with Crippen molar-refractivity contribution in [2.45, 2.75) is 64.7 Å². The van der Waals surface area contributed by atoms with Crippen molar-refractivity contribution in [1.29, 1.82) is 0 Å². The van der Waals surface area contributed by atoms with Crippen LogP contribution in [0, 0.1) is 0 Å². The summed E-state index contributed by atoms with van der Waals surface area (Å²) in [4.78, 5) is 42.1. The monoisotopic (exact) mass is 508 g/mol. The van der Waals surface area contributed by atoms with Gasteiger partial charge < -0.3 is 25.4 Å². The van der Waals surface area contributed by atoms with Gasteiger partial charge in [0.2, 0.25) is 5.91 Å². The number of aryl methyl sites for hydroxylation is 1. The summed E-state index contributed by atoms with van der Waals surface area (Å²) in [5.41, 5.74) is 2.11. The fraction of sp³-hybridized carbons (Fsp3) is 0.429. The molecule has 37 heavy (non-hydrogen) atoms. The minimum absolute atomic E-state index is 0.0430. The summed E-state index contributed by atoms with van der Waals surface area (Å²) in [6, 6.07) is 12.1. The Labute approximate surface area is 218 Å². The molecule has 9 nitrogen and oxygen atoms in total. The van der Waals surface area contributed by atoms with Crippen LogP contribution in [-0.4, -0.2) is 47.7 Å². The van der Waals surface area contributed by atoms with E-state index in [9.17, 15) is 14.4 Å². The van der Waals surface area contributed by atoms with Gasteiger partial charge in [0.25, 0.3) is 0 Å². The van der Waals surface area contributed by atoms with E-state index in [1.807, 2.05) is 48.6 Å². The molecule has 0 saturated carbocycles. The molecule has 0 unspecified atom stereocenters. The molecule has 0 bridgehead atoms.